The number of nitrogens with one attached hydrogen (secondary N) is 1. The molecule has 2 aromatic rings. The molecule has 1 atom stereocenters. The van der Waals surface area contributed by atoms with Gasteiger partial charge in [0, 0.05) is 19.5 Å². The molecule has 25 heavy (non-hydrogen) atoms. The van der Waals surface area contributed by atoms with E-state index in [1.807, 2.05) is 34.9 Å². The van der Waals surface area contributed by atoms with E-state index in [9.17, 15) is 9.59 Å². The summed E-state index contributed by atoms with van der Waals surface area (Å²) in [6, 6.07) is 9.72. The predicted octanol–water partition coefficient (Wildman–Crippen LogP) is 1.92. The average molecular weight is 338 g/mol. The fraction of sp³-hybridized carbons (Fsp3) is 0.421. The van der Waals surface area contributed by atoms with E-state index in [-0.39, 0.29) is 24.4 Å². The number of hydrogen-bond donors (Lipinski definition) is 1. The number of rotatable bonds is 2. The van der Waals surface area contributed by atoms with Crippen molar-refractivity contribution in [1.82, 2.24) is 19.8 Å². The van der Waals surface area contributed by atoms with Crippen molar-refractivity contribution in [2.24, 2.45) is 0 Å². The highest BCUT2D eigenvalue weighted by Crippen LogP contribution is 2.25. The van der Waals surface area contributed by atoms with Crippen LogP contribution < -0.4 is 5.32 Å². The van der Waals surface area contributed by atoms with Crippen molar-refractivity contribution in [2.45, 2.75) is 38.3 Å². The Balaban J connectivity index is 1.67. The number of hydrogen-bond acceptors (Lipinski definition) is 3. The third-order valence-electron chi connectivity index (χ3n) is 5.07. The lowest BCUT2D eigenvalue weighted by atomic mass is 10.0. The molecule has 2 aliphatic heterocycles. The molecular formula is C19H22N4O2. The smallest absolute Gasteiger partial charge is 0.273 e. The molecule has 1 unspecified atom stereocenters. The minimum absolute atomic E-state index is 0.0822. The Hall–Kier alpha value is -2.63. The summed E-state index contributed by atoms with van der Waals surface area (Å²) in [7, 11) is 0. The summed E-state index contributed by atoms with van der Waals surface area (Å²) in [5.41, 5.74) is 1.64. The summed E-state index contributed by atoms with van der Waals surface area (Å²) in [5, 5.41) is 2.88. The van der Waals surface area contributed by atoms with E-state index in [1.54, 1.807) is 11.1 Å². The van der Waals surface area contributed by atoms with Crippen LogP contribution in [0.25, 0.3) is 0 Å². The van der Waals surface area contributed by atoms with Crippen LogP contribution in [0.15, 0.2) is 36.5 Å². The van der Waals surface area contributed by atoms with Gasteiger partial charge in [0.05, 0.1) is 12.2 Å². The molecule has 0 spiro atoms. The number of amides is 2. The highest BCUT2D eigenvalue weighted by atomic mass is 16.2. The van der Waals surface area contributed by atoms with E-state index in [2.05, 4.69) is 10.3 Å². The quantitative estimate of drug-likeness (QED) is 0.910. The number of aromatic nitrogens is 2. The van der Waals surface area contributed by atoms with Gasteiger partial charge in [0.2, 0.25) is 5.91 Å². The number of fused-ring (bicyclic) bond motifs is 1. The Morgan fingerprint density at radius 1 is 1.16 bits per heavy atom. The maximum Gasteiger partial charge on any atom is 0.273 e. The normalized spacial score (nSPS) is 20.6. The SMILES string of the molecule is O=C1CN(C(=O)c2cnc3n2CCCCC3)C(c2ccccc2)CN1. The fourth-order valence-corrected chi connectivity index (χ4v) is 3.74. The Kier molecular flexibility index (Phi) is 4.26. The number of imidazole rings is 1. The van der Waals surface area contributed by atoms with Gasteiger partial charge in [-0.15, -0.1) is 0 Å². The molecule has 2 amide bonds. The Labute approximate surface area is 146 Å². The van der Waals surface area contributed by atoms with Gasteiger partial charge >= 0.3 is 0 Å². The Morgan fingerprint density at radius 3 is 2.84 bits per heavy atom. The molecule has 6 heteroatoms. The molecule has 1 fully saturated rings. The van der Waals surface area contributed by atoms with Crippen molar-refractivity contribution in [1.29, 1.82) is 0 Å². The standard InChI is InChI=1S/C19H22N4O2/c24-18-13-23(15(11-21-18)14-7-3-1-4-8-14)19(25)16-12-20-17-9-5-2-6-10-22(16)17/h1,3-4,7-8,12,15H,2,5-6,9-11,13H2,(H,21,24). The highest BCUT2D eigenvalue weighted by Gasteiger charge is 2.34. The topological polar surface area (TPSA) is 67.2 Å². The van der Waals surface area contributed by atoms with E-state index in [0.29, 0.717) is 12.2 Å². The highest BCUT2D eigenvalue weighted by molar-refractivity contribution is 5.96. The van der Waals surface area contributed by atoms with Gasteiger partial charge in [-0.1, -0.05) is 36.8 Å². The minimum Gasteiger partial charge on any atom is -0.352 e. The monoisotopic (exact) mass is 338 g/mol. The van der Waals surface area contributed by atoms with Gasteiger partial charge in [-0.3, -0.25) is 9.59 Å². The van der Waals surface area contributed by atoms with Crippen LogP contribution in [-0.4, -0.2) is 39.4 Å². The van der Waals surface area contributed by atoms with Gasteiger partial charge in [-0.2, -0.15) is 0 Å². The number of piperazine rings is 1. The predicted molar refractivity (Wildman–Crippen MR) is 93.0 cm³/mol. The fourth-order valence-electron chi connectivity index (χ4n) is 3.74. The molecule has 2 aliphatic rings. The second kappa shape index (κ2) is 6.70. The molecule has 6 nitrogen and oxygen atoms in total. The summed E-state index contributed by atoms with van der Waals surface area (Å²) < 4.78 is 2.05. The maximum atomic E-state index is 13.3. The summed E-state index contributed by atoms with van der Waals surface area (Å²) in [6.07, 6.45) is 5.93. The molecule has 4 rings (SSSR count). The maximum absolute atomic E-state index is 13.3. The van der Waals surface area contributed by atoms with Crippen LogP contribution in [0.5, 0.6) is 0 Å². The lowest BCUT2D eigenvalue weighted by molar-refractivity contribution is -0.124. The van der Waals surface area contributed by atoms with Crippen molar-refractivity contribution in [3.63, 3.8) is 0 Å². The number of benzene rings is 1. The van der Waals surface area contributed by atoms with Crippen LogP contribution in [0, 0.1) is 0 Å². The molecule has 0 saturated carbocycles. The molecule has 1 N–H and O–H groups in total. The van der Waals surface area contributed by atoms with Crippen LogP contribution in [0.4, 0.5) is 0 Å². The van der Waals surface area contributed by atoms with E-state index in [4.69, 9.17) is 0 Å². The molecule has 130 valence electrons. The first-order valence-corrected chi connectivity index (χ1v) is 8.91. The number of nitrogens with zero attached hydrogens (tertiary/aromatic N) is 3. The lowest BCUT2D eigenvalue weighted by Gasteiger charge is -2.35. The van der Waals surface area contributed by atoms with Crippen LogP contribution in [-0.2, 0) is 17.8 Å². The number of aryl methyl sites for hydroxylation is 1. The summed E-state index contributed by atoms with van der Waals surface area (Å²) >= 11 is 0. The van der Waals surface area contributed by atoms with Gasteiger partial charge < -0.3 is 14.8 Å². The second-order valence-corrected chi connectivity index (χ2v) is 6.69. The third-order valence-corrected chi connectivity index (χ3v) is 5.07. The summed E-state index contributed by atoms with van der Waals surface area (Å²) in [4.78, 5) is 31.3. The zero-order valence-electron chi connectivity index (χ0n) is 14.1. The van der Waals surface area contributed by atoms with E-state index < -0.39 is 0 Å². The summed E-state index contributed by atoms with van der Waals surface area (Å²) in [5.74, 6) is 0.763. The Bertz CT molecular complexity index is 784. The number of carbonyl (C=O) groups excluding carboxylic acids is 2. The van der Waals surface area contributed by atoms with Gasteiger partial charge in [0.15, 0.2) is 0 Å². The lowest BCUT2D eigenvalue weighted by Crippen LogP contribution is -2.52. The van der Waals surface area contributed by atoms with Crippen molar-refractivity contribution in [2.75, 3.05) is 13.1 Å². The average Bonchev–Trinajstić information content (AvgIpc) is 2.90. The van der Waals surface area contributed by atoms with Crippen LogP contribution in [0.2, 0.25) is 0 Å². The largest absolute Gasteiger partial charge is 0.352 e. The van der Waals surface area contributed by atoms with Gasteiger partial charge in [-0.25, -0.2) is 4.98 Å². The molecular weight excluding hydrogens is 316 g/mol. The van der Waals surface area contributed by atoms with Crippen molar-refractivity contribution in [3.8, 4) is 0 Å². The van der Waals surface area contributed by atoms with Gasteiger partial charge in [-0.05, 0) is 18.4 Å². The van der Waals surface area contributed by atoms with Crippen LogP contribution in [0.3, 0.4) is 0 Å². The van der Waals surface area contributed by atoms with Crippen molar-refractivity contribution >= 4 is 11.8 Å². The second-order valence-electron chi connectivity index (χ2n) is 6.69. The first-order valence-electron chi connectivity index (χ1n) is 8.91. The molecule has 1 saturated heterocycles. The molecule has 0 radical (unpaired) electrons. The third kappa shape index (κ3) is 3.04. The minimum atomic E-state index is -0.150. The molecule has 1 aromatic heterocycles. The number of carbonyl (C=O) groups is 2. The van der Waals surface area contributed by atoms with Crippen molar-refractivity contribution in [3.05, 3.63) is 53.6 Å². The first-order chi connectivity index (χ1) is 12.2. The van der Waals surface area contributed by atoms with E-state index >= 15 is 0 Å². The first kappa shape index (κ1) is 15.9. The van der Waals surface area contributed by atoms with Gasteiger partial charge in [0.25, 0.3) is 5.91 Å². The molecule has 0 aliphatic carbocycles. The zero-order valence-corrected chi connectivity index (χ0v) is 14.1. The Morgan fingerprint density at radius 2 is 2.00 bits per heavy atom. The van der Waals surface area contributed by atoms with E-state index in [0.717, 1.165) is 43.6 Å². The molecule has 0 bridgehead atoms. The van der Waals surface area contributed by atoms with Crippen LogP contribution in [0.1, 0.15) is 47.2 Å². The van der Waals surface area contributed by atoms with Crippen LogP contribution >= 0.6 is 0 Å². The summed E-state index contributed by atoms with van der Waals surface area (Å²) in [6.45, 7) is 1.35. The molecule has 3 heterocycles. The van der Waals surface area contributed by atoms with Crippen molar-refractivity contribution < 1.29 is 9.59 Å². The van der Waals surface area contributed by atoms with Gasteiger partial charge in [0.1, 0.15) is 18.1 Å². The molecule has 1 aromatic carbocycles. The van der Waals surface area contributed by atoms with E-state index in [1.165, 1.54) is 0 Å². The zero-order chi connectivity index (χ0) is 17.2.